The van der Waals surface area contributed by atoms with Crippen molar-refractivity contribution in [3.8, 4) is 5.75 Å². The first-order valence-electron chi connectivity index (χ1n) is 8.36. The molecule has 6 nitrogen and oxygen atoms in total. The van der Waals surface area contributed by atoms with E-state index in [0.29, 0.717) is 0 Å². The number of hydrogen-bond donors (Lipinski definition) is 2. The number of aryl methyl sites for hydroxylation is 2. The maximum absolute atomic E-state index is 5.17. The summed E-state index contributed by atoms with van der Waals surface area (Å²) in [5.74, 6) is 1.75. The first kappa shape index (κ1) is 17.8. The van der Waals surface area contributed by atoms with Crippen molar-refractivity contribution in [3.05, 3.63) is 48.3 Å². The lowest BCUT2D eigenvalue weighted by molar-refractivity contribution is 0.414. The van der Waals surface area contributed by atoms with Crippen LogP contribution < -0.4 is 15.4 Å². The zero-order chi connectivity index (χ0) is 17.0. The Morgan fingerprint density at radius 3 is 2.54 bits per heavy atom. The van der Waals surface area contributed by atoms with E-state index in [-0.39, 0.29) is 0 Å². The molecule has 0 spiro atoms. The second kappa shape index (κ2) is 10.3. The predicted molar refractivity (Wildman–Crippen MR) is 97.5 cm³/mol. The smallest absolute Gasteiger partial charge is 0.190 e. The molecule has 0 saturated heterocycles. The second-order valence-corrected chi connectivity index (χ2v) is 5.50. The van der Waals surface area contributed by atoms with Gasteiger partial charge in [0.1, 0.15) is 5.75 Å². The maximum atomic E-state index is 5.17. The van der Waals surface area contributed by atoms with E-state index in [4.69, 9.17) is 4.74 Å². The molecule has 2 aromatic rings. The Labute approximate surface area is 143 Å². The van der Waals surface area contributed by atoms with Crippen LogP contribution in [0.3, 0.4) is 0 Å². The van der Waals surface area contributed by atoms with Crippen LogP contribution in [-0.2, 0) is 13.0 Å². The van der Waals surface area contributed by atoms with Crippen molar-refractivity contribution < 1.29 is 4.74 Å². The Balaban J connectivity index is 1.57. The van der Waals surface area contributed by atoms with Crippen LogP contribution in [0.4, 0.5) is 0 Å². The fourth-order valence-electron chi connectivity index (χ4n) is 2.39. The van der Waals surface area contributed by atoms with Gasteiger partial charge in [-0.05, 0) is 43.0 Å². The molecule has 1 aromatic carbocycles. The summed E-state index contributed by atoms with van der Waals surface area (Å²) in [6, 6.07) is 10.2. The van der Waals surface area contributed by atoms with E-state index in [9.17, 15) is 0 Å². The number of benzene rings is 1. The van der Waals surface area contributed by atoms with Crippen molar-refractivity contribution in [2.45, 2.75) is 25.8 Å². The Morgan fingerprint density at radius 2 is 1.92 bits per heavy atom. The molecular formula is C18H27N5O. The number of hydrogen-bond acceptors (Lipinski definition) is 3. The van der Waals surface area contributed by atoms with Crippen molar-refractivity contribution in [1.29, 1.82) is 0 Å². The van der Waals surface area contributed by atoms with Gasteiger partial charge in [-0.3, -0.25) is 9.67 Å². The highest BCUT2D eigenvalue weighted by molar-refractivity contribution is 5.79. The van der Waals surface area contributed by atoms with Gasteiger partial charge in [0.25, 0.3) is 0 Å². The molecule has 0 aliphatic carbocycles. The first-order chi connectivity index (χ1) is 11.8. The second-order valence-electron chi connectivity index (χ2n) is 5.50. The van der Waals surface area contributed by atoms with Crippen LogP contribution in [0.25, 0.3) is 0 Å². The maximum Gasteiger partial charge on any atom is 0.190 e. The lowest BCUT2D eigenvalue weighted by Crippen LogP contribution is -2.38. The summed E-state index contributed by atoms with van der Waals surface area (Å²) in [4.78, 5) is 4.25. The van der Waals surface area contributed by atoms with E-state index >= 15 is 0 Å². The molecular weight excluding hydrogens is 302 g/mol. The summed E-state index contributed by atoms with van der Waals surface area (Å²) in [6.07, 6.45) is 6.88. The number of rotatable bonds is 9. The van der Waals surface area contributed by atoms with E-state index < -0.39 is 0 Å². The summed E-state index contributed by atoms with van der Waals surface area (Å²) in [5, 5.41) is 10.9. The minimum absolute atomic E-state index is 0.852. The zero-order valence-corrected chi connectivity index (χ0v) is 14.5. The van der Waals surface area contributed by atoms with Gasteiger partial charge in [-0.2, -0.15) is 5.10 Å². The monoisotopic (exact) mass is 329 g/mol. The van der Waals surface area contributed by atoms with E-state index in [1.54, 1.807) is 20.4 Å². The van der Waals surface area contributed by atoms with Crippen LogP contribution in [0.15, 0.2) is 47.7 Å². The zero-order valence-electron chi connectivity index (χ0n) is 14.5. The van der Waals surface area contributed by atoms with Crippen molar-refractivity contribution >= 4 is 5.96 Å². The average Bonchev–Trinajstić information content (AvgIpc) is 3.14. The van der Waals surface area contributed by atoms with Crippen molar-refractivity contribution in [2.24, 2.45) is 4.99 Å². The van der Waals surface area contributed by atoms with Gasteiger partial charge in [-0.25, -0.2) is 0 Å². The minimum atomic E-state index is 0.852. The van der Waals surface area contributed by atoms with Gasteiger partial charge in [0.15, 0.2) is 5.96 Å². The predicted octanol–water partition coefficient (Wildman–Crippen LogP) is 2.08. The number of aliphatic imine (C=N–C) groups is 1. The standard InChI is InChI=1S/C18H27N5O/c1-19-18(21-12-4-14-23-15-5-13-22-23)20-11-3-6-16-7-9-17(24-2)10-8-16/h5,7-10,13,15H,3-4,6,11-12,14H2,1-2H3,(H2,19,20,21). The van der Waals surface area contributed by atoms with Crippen molar-refractivity contribution in [1.82, 2.24) is 20.4 Å². The summed E-state index contributed by atoms with van der Waals surface area (Å²) in [6.45, 7) is 2.68. The van der Waals surface area contributed by atoms with Gasteiger partial charge in [0.2, 0.25) is 0 Å². The van der Waals surface area contributed by atoms with Crippen LogP contribution >= 0.6 is 0 Å². The van der Waals surface area contributed by atoms with Crippen LogP contribution in [0.5, 0.6) is 5.75 Å². The summed E-state index contributed by atoms with van der Waals surface area (Å²) in [5.41, 5.74) is 1.32. The number of nitrogens with zero attached hydrogens (tertiary/aromatic N) is 3. The lowest BCUT2D eigenvalue weighted by atomic mass is 10.1. The van der Waals surface area contributed by atoms with Crippen molar-refractivity contribution in [3.63, 3.8) is 0 Å². The summed E-state index contributed by atoms with van der Waals surface area (Å²) >= 11 is 0. The molecule has 0 saturated carbocycles. The number of nitrogens with one attached hydrogen (secondary N) is 2. The fourth-order valence-corrected chi connectivity index (χ4v) is 2.39. The molecule has 0 unspecified atom stereocenters. The molecule has 2 rings (SSSR count). The van der Waals surface area contributed by atoms with Crippen LogP contribution in [0, 0.1) is 0 Å². The van der Waals surface area contributed by atoms with E-state index in [1.165, 1.54) is 5.56 Å². The van der Waals surface area contributed by atoms with E-state index in [0.717, 1.165) is 50.6 Å². The topological polar surface area (TPSA) is 63.5 Å². The molecule has 24 heavy (non-hydrogen) atoms. The van der Waals surface area contributed by atoms with Gasteiger partial charge in [-0.15, -0.1) is 0 Å². The Hall–Kier alpha value is -2.50. The van der Waals surface area contributed by atoms with E-state index in [2.05, 4.69) is 32.9 Å². The molecule has 0 atom stereocenters. The molecule has 0 amide bonds. The Kier molecular flexibility index (Phi) is 7.67. The Morgan fingerprint density at radius 1 is 1.17 bits per heavy atom. The SMILES string of the molecule is CN=C(NCCCc1ccc(OC)cc1)NCCCn1cccn1. The first-order valence-corrected chi connectivity index (χ1v) is 8.36. The third kappa shape index (κ3) is 6.32. The third-order valence-electron chi connectivity index (χ3n) is 3.73. The largest absolute Gasteiger partial charge is 0.497 e. The summed E-state index contributed by atoms with van der Waals surface area (Å²) in [7, 11) is 3.49. The lowest BCUT2D eigenvalue weighted by Gasteiger charge is -2.12. The Bertz CT molecular complexity index is 592. The number of ether oxygens (including phenoxy) is 1. The molecule has 0 fully saturated rings. The highest BCUT2D eigenvalue weighted by Crippen LogP contribution is 2.12. The summed E-state index contributed by atoms with van der Waals surface area (Å²) < 4.78 is 7.11. The number of methoxy groups -OCH3 is 1. The quantitative estimate of drug-likeness (QED) is 0.420. The van der Waals surface area contributed by atoms with Gasteiger partial charge in [0.05, 0.1) is 7.11 Å². The molecule has 0 aliphatic heterocycles. The molecule has 0 radical (unpaired) electrons. The minimum Gasteiger partial charge on any atom is -0.497 e. The van der Waals surface area contributed by atoms with Gasteiger partial charge >= 0.3 is 0 Å². The molecule has 6 heteroatoms. The molecule has 1 aromatic heterocycles. The average molecular weight is 329 g/mol. The van der Waals surface area contributed by atoms with Gasteiger partial charge < -0.3 is 15.4 Å². The molecule has 0 aliphatic rings. The normalized spacial score (nSPS) is 11.3. The molecule has 130 valence electrons. The number of guanidine groups is 1. The number of aromatic nitrogens is 2. The van der Waals surface area contributed by atoms with Crippen LogP contribution in [0.2, 0.25) is 0 Å². The molecule has 2 N–H and O–H groups in total. The van der Waals surface area contributed by atoms with Crippen LogP contribution in [-0.4, -0.2) is 43.0 Å². The third-order valence-corrected chi connectivity index (χ3v) is 3.73. The fraction of sp³-hybridized carbons (Fsp3) is 0.444. The van der Waals surface area contributed by atoms with Gasteiger partial charge in [0, 0.05) is 39.1 Å². The highest BCUT2D eigenvalue weighted by Gasteiger charge is 1.99. The van der Waals surface area contributed by atoms with Crippen LogP contribution in [0.1, 0.15) is 18.4 Å². The van der Waals surface area contributed by atoms with Gasteiger partial charge in [-0.1, -0.05) is 12.1 Å². The van der Waals surface area contributed by atoms with E-state index in [1.807, 2.05) is 29.1 Å². The van der Waals surface area contributed by atoms with Crippen molar-refractivity contribution in [2.75, 3.05) is 27.2 Å². The molecule has 1 heterocycles. The highest BCUT2D eigenvalue weighted by atomic mass is 16.5. The molecule has 0 bridgehead atoms.